The largest absolute Gasteiger partial charge is 0.493 e. The number of carboxylic acid groups (broad SMARTS) is 1. The van der Waals surface area contributed by atoms with Gasteiger partial charge in [0.2, 0.25) is 0 Å². The molecule has 2 heterocycles. The minimum absolute atomic E-state index is 0.132. The van der Waals surface area contributed by atoms with Crippen molar-refractivity contribution in [2.75, 3.05) is 27.4 Å². The Balaban J connectivity index is 0.000000216. The maximum absolute atomic E-state index is 12.1. The van der Waals surface area contributed by atoms with E-state index in [2.05, 4.69) is 6.07 Å². The van der Waals surface area contributed by atoms with Gasteiger partial charge in [-0.1, -0.05) is 0 Å². The standard InChI is InChI=1S/C23H23NO6.C19H15NO6/c1-23(2,3)30-21(25)14-5-7-16(8-6-14)29-19-12-20-18(11-15(19)13-24)17(9-10-28-20)22(26)27-4;1-24-19(23)14-6-7-25-17-9-16(12(10-20)8-15(14)17)26-13-4-2-11(3-5-13)18(21)22/h5-8,11-12,17H,9-10H2,1-4H3;2-5,8-9,14H,6-7H2,1H3,(H,21,22). The fourth-order valence-electron chi connectivity index (χ4n) is 5.87. The summed E-state index contributed by atoms with van der Waals surface area (Å²) in [6, 6.07) is 22.7. The average Bonchev–Trinajstić information content (AvgIpc) is 3.19. The number of esters is 3. The van der Waals surface area contributed by atoms with Gasteiger partial charge in [0.05, 0.1) is 61.5 Å². The predicted molar refractivity (Wildman–Crippen MR) is 197 cm³/mol. The summed E-state index contributed by atoms with van der Waals surface area (Å²) in [7, 11) is 2.65. The number of benzene rings is 4. The Bertz CT molecular complexity index is 2210. The van der Waals surface area contributed by atoms with Crippen molar-refractivity contribution in [1.82, 2.24) is 0 Å². The number of methoxy groups -OCH3 is 2. The molecule has 2 atom stereocenters. The van der Waals surface area contributed by atoms with Crippen LogP contribution in [0.2, 0.25) is 0 Å². The van der Waals surface area contributed by atoms with Crippen LogP contribution in [0.4, 0.5) is 0 Å². The summed E-state index contributed by atoms with van der Waals surface area (Å²) < 4.78 is 37.9. The molecule has 2 aliphatic heterocycles. The lowest BCUT2D eigenvalue weighted by molar-refractivity contribution is -0.144. The number of aromatic carboxylic acids is 1. The summed E-state index contributed by atoms with van der Waals surface area (Å²) in [5, 5.41) is 27.9. The maximum Gasteiger partial charge on any atom is 0.338 e. The van der Waals surface area contributed by atoms with Gasteiger partial charge in [-0.3, -0.25) is 9.59 Å². The van der Waals surface area contributed by atoms with Gasteiger partial charge in [-0.2, -0.15) is 10.5 Å². The summed E-state index contributed by atoms with van der Waals surface area (Å²) in [5.74, 6) is -0.844. The van der Waals surface area contributed by atoms with E-state index in [1.807, 2.05) is 6.07 Å². The van der Waals surface area contributed by atoms with Crippen molar-refractivity contribution >= 4 is 23.9 Å². The first-order chi connectivity index (χ1) is 26.7. The molecule has 0 amide bonds. The molecule has 4 aromatic rings. The summed E-state index contributed by atoms with van der Waals surface area (Å²) in [6.45, 7) is 6.12. The second kappa shape index (κ2) is 17.4. The number of nitrogens with zero attached hydrogens (tertiary/aromatic N) is 2. The molecule has 0 fully saturated rings. The second-order valence-corrected chi connectivity index (χ2v) is 13.5. The smallest absolute Gasteiger partial charge is 0.338 e. The first-order valence-electron chi connectivity index (χ1n) is 17.3. The number of carbonyl (C=O) groups excluding carboxylic acids is 3. The number of hydrogen-bond donors (Lipinski definition) is 1. The Hall–Kier alpha value is -7.06. The fraction of sp³-hybridized carbons (Fsp3) is 0.286. The van der Waals surface area contributed by atoms with Crippen molar-refractivity contribution in [3.05, 3.63) is 106 Å². The minimum Gasteiger partial charge on any atom is -0.493 e. The molecule has 1 N–H and O–H groups in total. The molecule has 0 aliphatic carbocycles. The number of hydrogen-bond acceptors (Lipinski definition) is 13. The summed E-state index contributed by atoms with van der Waals surface area (Å²) >= 11 is 0. The molecule has 0 saturated carbocycles. The monoisotopic (exact) mass is 762 g/mol. The van der Waals surface area contributed by atoms with Gasteiger partial charge in [0.15, 0.2) is 0 Å². The third kappa shape index (κ3) is 9.53. The number of carboxylic acids is 1. The van der Waals surface area contributed by atoms with Crippen molar-refractivity contribution in [2.45, 2.75) is 51.0 Å². The quantitative estimate of drug-likeness (QED) is 0.137. The number of ether oxygens (including phenoxy) is 7. The van der Waals surface area contributed by atoms with Crippen LogP contribution in [-0.4, -0.2) is 62.0 Å². The van der Waals surface area contributed by atoms with Crippen molar-refractivity contribution < 1.29 is 57.4 Å². The average molecular weight is 763 g/mol. The Kier molecular flexibility index (Phi) is 12.5. The lowest BCUT2D eigenvalue weighted by atomic mass is 9.91. The van der Waals surface area contributed by atoms with Crippen LogP contribution in [0, 0.1) is 22.7 Å². The van der Waals surface area contributed by atoms with Crippen LogP contribution in [-0.2, 0) is 23.8 Å². The van der Waals surface area contributed by atoms with Crippen LogP contribution >= 0.6 is 0 Å². The number of nitriles is 2. The Morgan fingerprint density at radius 3 is 1.45 bits per heavy atom. The third-order valence-corrected chi connectivity index (χ3v) is 8.56. The lowest BCUT2D eigenvalue weighted by Crippen LogP contribution is -2.23. The number of carbonyl (C=O) groups is 4. The molecule has 288 valence electrons. The highest BCUT2D eigenvalue weighted by Gasteiger charge is 2.32. The van der Waals surface area contributed by atoms with E-state index in [-0.39, 0.29) is 34.4 Å². The first kappa shape index (κ1) is 40.1. The lowest BCUT2D eigenvalue weighted by Gasteiger charge is -2.25. The van der Waals surface area contributed by atoms with Gasteiger partial charge in [0.25, 0.3) is 0 Å². The molecule has 2 unspecified atom stereocenters. The van der Waals surface area contributed by atoms with Gasteiger partial charge >= 0.3 is 23.9 Å². The van der Waals surface area contributed by atoms with Crippen LogP contribution < -0.4 is 18.9 Å². The first-order valence-corrected chi connectivity index (χ1v) is 17.3. The predicted octanol–water partition coefficient (Wildman–Crippen LogP) is 7.43. The van der Waals surface area contributed by atoms with E-state index in [9.17, 15) is 29.7 Å². The number of rotatable bonds is 8. The van der Waals surface area contributed by atoms with Crippen molar-refractivity contribution in [2.24, 2.45) is 0 Å². The van der Waals surface area contributed by atoms with Gasteiger partial charge in [0.1, 0.15) is 52.2 Å². The van der Waals surface area contributed by atoms with Gasteiger partial charge in [0, 0.05) is 23.3 Å². The molecule has 6 rings (SSSR count). The van der Waals surface area contributed by atoms with E-state index in [4.69, 9.17) is 38.3 Å². The molecular weight excluding hydrogens is 724 g/mol. The van der Waals surface area contributed by atoms with E-state index >= 15 is 0 Å². The van der Waals surface area contributed by atoms with E-state index in [0.717, 1.165) is 0 Å². The second-order valence-electron chi connectivity index (χ2n) is 13.5. The van der Waals surface area contributed by atoms with E-state index in [1.54, 1.807) is 69.3 Å². The van der Waals surface area contributed by atoms with Gasteiger partial charge in [-0.15, -0.1) is 0 Å². The molecule has 0 spiro atoms. The minimum atomic E-state index is -1.04. The molecule has 0 aromatic heterocycles. The molecule has 0 saturated heterocycles. The summed E-state index contributed by atoms with van der Waals surface area (Å²) in [5.41, 5.74) is 1.65. The molecule has 14 heteroatoms. The molecule has 0 radical (unpaired) electrons. The molecule has 4 aromatic carbocycles. The van der Waals surface area contributed by atoms with Crippen molar-refractivity contribution in [3.63, 3.8) is 0 Å². The highest BCUT2D eigenvalue weighted by Crippen LogP contribution is 2.41. The molecule has 56 heavy (non-hydrogen) atoms. The van der Waals surface area contributed by atoms with Crippen LogP contribution in [0.5, 0.6) is 34.5 Å². The Labute approximate surface area is 322 Å². The highest BCUT2D eigenvalue weighted by atomic mass is 16.6. The van der Waals surface area contributed by atoms with Gasteiger partial charge in [-0.05, 0) is 94.3 Å². The molecule has 0 bridgehead atoms. The van der Waals surface area contributed by atoms with Gasteiger partial charge in [-0.25, -0.2) is 9.59 Å². The zero-order chi connectivity index (χ0) is 40.6. The molecule has 2 aliphatic rings. The molecular formula is C42H38N2O12. The summed E-state index contributed by atoms with van der Waals surface area (Å²) in [4.78, 5) is 47.0. The number of fused-ring (bicyclic) bond motifs is 2. The van der Waals surface area contributed by atoms with Crippen molar-refractivity contribution in [1.29, 1.82) is 10.5 Å². The SMILES string of the molecule is COC(=O)C1CCOc2cc(Oc3ccc(C(=O)O)cc3)c(C#N)cc21.COC(=O)C1CCOc2cc(Oc3ccc(C(=O)OC(C)(C)C)cc3)c(C#N)cc21. The van der Waals surface area contributed by atoms with Crippen LogP contribution in [0.15, 0.2) is 72.8 Å². The van der Waals surface area contributed by atoms with Crippen LogP contribution in [0.1, 0.15) is 88.4 Å². The Morgan fingerprint density at radius 1 is 0.679 bits per heavy atom. The normalized spacial score (nSPS) is 15.2. The fourth-order valence-corrected chi connectivity index (χ4v) is 5.87. The third-order valence-electron chi connectivity index (χ3n) is 8.56. The summed E-state index contributed by atoms with van der Waals surface area (Å²) in [6.07, 6.45) is 0.957. The van der Waals surface area contributed by atoms with Crippen LogP contribution in [0.25, 0.3) is 0 Å². The van der Waals surface area contributed by atoms with E-state index in [1.165, 1.54) is 38.5 Å². The van der Waals surface area contributed by atoms with E-state index < -0.39 is 29.4 Å². The van der Waals surface area contributed by atoms with E-state index in [0.29, 0.717) is 71.5 Å². The molecule has 14 nitrogen and oxygen atoms in total. The highest BCUT2D eigenvalue weighted by molar-refractivity contribution is 5.90. The van der Waals surface area contributed by atoms with Crippen LogP contribution in [0.3, 0.4) is 0 Å². The topological polar surface area (TPSA) is 201 Å². The zero-order valence-electron chi connectivity index (χ0n) is 31.2. The maximum atomic E-state index is 12.1. The van der Waals surface area contributed by atoms with Crippen molar-refractivity contribution in [3.8, 4) is 46.6 Å². The van der Waals surface area contributed by atoms with Gasteiger partial charge < -0.3 is 38.3 Å². The zero-order valence-corrected chi connectivity index (χ0v) is 31.2. The Morgan fingerprint density at radius 2 is 1.09 bits per heavy atom.